The first-order valence-corrected chi connectivity index (χ1v) is 7.54. The van der Waals surface area contributed by atoms with E-state index in [1.54, 1.807) is 12.4 Å². The number of benzene rings is 1. The highest BCUT2D eigenvalue weighted by Crippen LogP contribution is 2.07. The van der Waals surface area contributed by atoms with Crippen molar-refractivity contribution in [3.8, 4) is 0 Å². The van der Waals surface area contributed by atoms with Gasteiger partial charge in [0.05, 0.1) is 19.8 Å². The van der Waals surface area contributed by atoms with Crippen molar-refractivity contribution in [3.63, 3.8) is 0 Å². The highest BCUT2D eigenvalue weighted by molar-refractivity contribution is 5.88. The molecule has 0 bridgehead atoms. The number of carbonyl (C=O) groups is 1. The average molecular weight is 310 g/mol. The van der Waals surface area contributed by atoms with Crippen molar-refractivity contribution in [2.45, 2.75) is 13.0 Å². The zero-order chi connectivity index (χ0) is 15.9. The monoisotopic (exact) mass is 310 g/mol. The van der Waals surface area contributed by atoms with Crippen molar-refractivity contribution >= 4 is 11.5 Å². The number of rotatable bonds is 7. The molecule has 0 aliphatic carbocycles. The van der Waals surface area contributed by atoms with E-state index in [-0.39, 0.29) is 0 Å². The van der Waals surface area contributed by atoms with Gasteiger partial charge in [-0.3, -0.25) is 0 Å². The summed E-state index contributed by atoms with van der Waals surface area (Å²) in [4.78, 5) is 16.0. The smallest absolute Gasteiger partial charge is 0.357 e. The minimum Gasteiger partial charge on any atom is -0.461 e. The van der Waals surface area contributed by atoms with Crippen LogP contribution in [0.2, 0.25) is 0 Å². The van der Waals surface area contributed by atoms with E-state index in [1.165, 1.54) is 0 Å². The van der Waals surface area contributed by atoms with Gasteiger partial charge in [-0.1, -0.05) is 30.3 Å². The fraction of sp³-hybridized carbons (Fsp3) is 0.222. The van der Waals surface area contributed by atoms with Crippen molar-refractivity contribution in [1.29, 1.82) is 0 Å². The molecule has 0 saturated carbocycles. The van der Waals surface area contributed by atoms with Gasteiger partial charge in [-0.25, -0.2) is 9.78 Å². The molecule has 118 valence electrons. The number of nitrogens with zero attached hydrogens (tertiary/aromatic N) is 2. The molecule has 0 saturated heterocycles. The van der Waals surface area contributed by atoms with Crippen molar-refractivity contribution in [1.82, 2.24) is 9.38 Å². The fourth-order valence-corrected chi connectivity index (χ4v) is 2.21. The van der Waals surface area contributed by atoms with Crippen LogP contribution in [-0.4, -0.2) is 28.6 Å². The number of ether oxygens (including phenoxy) is 2. The predicted molar refractivity (Wildman–Crippen MR) is 86.2 cm³/mol. The molecule has 0 spiro atoms. The summed E-state index contributed by atoms with van der Waals surface area (Å²) >= 11 is 0. The Bertz CT molecular complexity index is 768. The first-order chi connectivity index (χ1) is 11.3. The van der Waals surface area contributed by atoms with Gasteiger partial charge >= 0.3 is 5.97 Å². The molecule has 0 amide bonds. The normalized spacial score (nSPS) is 10.8. The number of carbonyl (C=O) groups excluding carboxylic acids is 1. The lowest BCUT2D eigenvalue weighted by Crippen LogP contribution is -2.10. The van der Waals surface area contributed by atoms with E-state index < -0.39 is 5.97 Å². The van der Waals surface area contributed by atoms with E-state index in [2.05, 4.69) is 4.98 Å². The van der Waals surface area contributed by atoms with Crippen LogP contribution in [-0.2, 0) is 16.1 Å². The molecule has 3 aromatic rings. The van der Waals surface area contributed by atoms with Gasteiger partial charge in [0.2, 0.25) is 0 Å². The van der Waals surface area contributed by atoms with Crippen LogP contribution in [0.4, 0.5) is 0 Å². The van der Waals surface area contributed by atoms with Gasteiger partial charge in [-0.2, -0.15) is 0 Å². The summed E-state index contributed by atoms with van der Waals surface area (Å²) in [7, 11) is 0. The van der Waals surface area contributed by atoms with E-state index in [0.717, 1.165) is 11.1 Å². The lowest BCUT2D eigenvalue weighted by Gasteiger charge is -2.06. The van der Waals surface area contributed by atoms with Gasteiger partial charge in [-0.15, -0.1) is 0 Å². The molecule has 5 heteroatoms. The summed E-state index contributed by atoms with van der Waals surface area (Å²) in [5.74, 6) is -0.406. The maximum atomic E-state index is 11.9. The number of aromatic nitrogens is 2. The van der Waals surface area contributed by atoms with Crippen LogP contribution in [0.15, 0.2) is 61.1 Å². The molecule has 23 heavy (non-hydrogen) atoms. The zero-order valence-electron chi connectivity index (χ0n) is 12.7. The Morgan fingerprint density at radius 3 is 2.83 bits per heavy atom. The quantitative estimate of drug-likeness (QED) is 0.497. The Kier molecular flexibility index (Phi) is 5.01. The molecule has 2 heterocycles. The summed E-state index contributed by atoms with van der Waals surface area (Å²) in [6.45, 7) is 1.44. The van der Waals surface area contributed by atoms with Gasteiger partial charge in [0.25, 0.3) is 0 Å². The van der Waals surface area contributed by atoms with E-state index in [9.17, 15) is 4.79 Å². The van der Waals surface area contributed by atoms with Crippen molar-refractivity contribution < 1.29 is 14.3 Å². The minimum absolute atomic E-state index is 0.321. The molecule has 0 N–H and O–H groups in total. The third kappa shape index (κ3) is 4.17. The largest absolute Gasteiger partial charge is 0.461 e. The van der Waals surface area contributed by atoms with Crippen LogP contribution in [0, 0.1) is 0 Å². The maximum absolute atomic E-state index is 11.9. The number of hydrogen-bond acceptors (Lipinski definition) is 4. The van der Waals surface area contributed by atoms with Crippen molar-refractivity contribution in [2.75, 3.05) is 13.2 Å². The molecule has 0 aliphatic rings. The Morgan fingerprint density at radius 2 is 1.96 bits per heavy atom. The molecule has 1 aromatic carbocycles. The SMILES string of the molecule is O=C(OCCCOCc1ccccc1)c1cc2cccn2cn1. The Balaban J connectivity index is 1.37. The summed E-state index contributed by atoms with van der Waals surface area (Å²) in [5.41, 5.74) is 2.37. The fourth-order valence-electron chi connectivity index (χ4n) is 2.21. The van der Waals surface area contributed by atoms with Crippen LogP contribution < -0.4 is 0 Å². The molecule has 0 radical (unpaired) electrons. The first-order valence-electron chi connectivity index (χ1n) is 7.54. The van der Waals surface area contributed by atoms with Gasteiger partial charge in [0.15, 0.2) is 5.69 Å². The lowest BCUT2D eigenvalue weighted by molar-refractivity contribution is 0.0428. The number of hydrogen-bond donors (Lipinski definition) is 0. The van der Waals surface area contributed by atoms with Crippen LogP contribution in [0.5, 0.6) is 0 Å². The highest BCUT2D eigenvalue weighted by Gasteiger charge is 2.09. The topological polar surface area (TPSA) is 52.8 Å². The molecule has 0 unspecified atom stereocenters. The molecule has 3 rings (SSSR count). The molecule has 0 fully saturated rings. The van der Waals surface area contributed by atoms with Gasteiger partial charge in [0.1, 0.15) is 6.33 Å². The molecule has 5 nitrogen and oxygen atoms in total. The van der Waals surface area contributed by atoms with Crippen LogP contribution in [0.1, 0.15) is 22.5 Å². The van der Waals surface area contributed by atoms with Gasteiger partial charge in [-0.05, 0) is 23.8 Å². The maximum Gasteiger partial charge on any atom is 0.357 e. The first kappa shape index (κ1) is 15.2. The van der Waals surface area contributed by atoms with Crippen LogP contribution >= 0.6 is 0 Å². The molecule has 0 aliphatic heterocycles. The second-order valence-electron chi connectivity index (χ2n) is 5.14. The molecule has 2 aromatic heterocycles. The van der Waals surface area contributed by atoms with Crippen molar-refractivity contribution in [2.24, 2.45) is 0 Å². The van der Waals surface area contributed by atoms with E-state index in [0.29, 0.717) is 31.9 Å². The predicted octanol–water partition coefficient (Wildman–Crippen LogP) is 3.10. The number of fused-ring (bicyclic) bond motifs is 1. The molecule has 0 atom stereocenters. The summed E-state index contributed by atoms with van der Waals surface area (Å²) < 4.78 is 12.6. The number of esters is 1. The Morgan fingerprint density at radius 1 is 1.09 bits per heavy atom. The standard InChI is InChI=1S/C18H18N2O3/c21-18(17-12-16-8-4-9-20(16)14-19-17)23-11-5-10-22-13-15-6-2-1-3-7-15/h1-4,6-9,12,14H,5,10-11,13H2. The minimum atomic E-state index is -0.406. The van der Waals surface area contributed by atoms with E-state index >= 15 is 0 Å². The highest BCUT2D eigenvalue weighted by atomic mass is 16.5. The van der Waals surface area contributed by atoms with Gasteiger partial charge < -0.3 is 13.9 Å². The average Bonchev–Trinajstić information content (AvgIpc) is 3.06. The van der Waals surface area contributed by atoms with E-state index in [1.807, 2.05) is 53.1 Å². The Labute approximate surface area is 134 Å². The molecular weight excluding hydrogens is 292 g/mol. The Hall–Kier alpha value is -2.66. The summed E-state index contributed by atoms with van der Waals surface area (Å²) in [6, 6.07) is 15.5. The second kappa shape index (κ2) is 7.56. The van der Waals surface area contributed by atoms with E-state index in [4.69, 9.17) is 9.47 Å². The molecular formula is C18H18N2O3. The van der Waals surface area contributed by atoms with Crippen LogP contribution in [0.25, 0.3) is 5.52 Å². The second-order valence-corrected chi connectivity index (χ2v) is 5.14. The summed E-state index contributed by atoms with van der Waals surface area (Å²) in [5, 5.41) is 0. The third-order valence-electron chi connectivity index (χ3n) is 3.40. The summed E-state index contributed by atoms with van der Waals surface area (Å²) in [6.07, 6.45) is 4.14. The zero-order valence-corrected chi connectivity index (χ0v) is 12.7. The van der Waals surface area contributed by atoms with Gasteiger partial charge in [0, 0.05) is 18.1 Å². The lowest BCUT2D eigenvalue weighted by atomic mass is 10.2. The third-order valence-corrected chi connectivity index (χ3v) is 3.40. The van der Waals surface area contributed by atoms with Crippen LogP contribution in [0.3, 0.4) is 0 Å². The van der Waals surface area contributed by atoms with Crippen molar-refractivity contribution in [3.05, 3.63) is 72.3 Å².